The smallest absolute Gasteiger partial charge is 0.321 e. The summed E-state index contributed by atoms with van der Waals surface area (Å²) in [5, 5.41) is 34.8. The number of hydrogen-bond donors (Lipinski definition) is 0. The molecule has 1 fully saturated rings. The average Bonchev–Trinajstić information content (AvgIpc) is 4.27. The maximum absolute atomic E-state index is 11.4. The van der Waals surface area contributed by atoms with Gasteiger partial charge in [0.05, 0.1) is 73.3 Å². The van der Waals surface area contributed by atoms with Crippen LogP contribution in [0.2, 0.25) is 0 Å². The lowest BCUT2D eigenvalue weighted by molar-refractivity contribution is -0.737. The number of hydrogen-bond acceptors (Lipinski definition) is 25. The van der Waals surface area contributed by atoms with Gasteiger partial charge in [0.15, 0.2) is 4.87 Å². The summed E-state index contributed by atoms with van der Waals surface area (Å²) in [5.41, 5.74) is 3.89. The molecule has 2 aliphatic rings. The van der Waals surface area contributed by atoms with Crippen LogP contribution in [0.5, 0.6) is 0 Å². The number of carbonyl (C=O) groups excluding carboxylic acids is 4. The number of fused-ring (bicyclic) bond motifs is 3. The predicted molar refractivity (Wildman–Crippen MR) is 266 cm³/mol. The first kappa shape index (κ1) is 67.0. The van der Waals surface area contributed by atoms with Crippen molar-refractivity contribution in [1.29, 1.82) is 0 Å². The van der Waals surface area contributed by atoms with E-state index in [1.54, 1.807) is 99.4 Å². The standard InChI is InChI=1S/C9H7NO3.C7H7N3O.C6H6N4O.C4H7N2O3.C3H7N4.C3H6N4.C3H6O2.C2H6O3S.C2H6O.C2H6S/c1-13-10-8(11)6-4-2-3-5-7(6)9(10)12;1-11-10-7-5-3-2-4-6(7)8-9-10;1-11-10-6-5(8-9-10)3-2-4-7-6;1-9-6-4(7)2-3-5(6)8;1-6-3-4-7(2)5-6;1-3-4-5-6-7(3)2;1-3(4)5-2;1-5-6(2,3)4;2*1-3-2/h2-5H,1H3;2-5H,1H3;2-4H,1H3;2-3H2,1H3;3H,1-2H3;1-2H3;1-2H3;1-2H3;2*1-2H3/q;;;2*+1;;;;;. The van der Waals surface area contributed by atoms with Crippen LogP contribution in [0, 0.1) is 11.8 Å². The molecule has 0 N–H and O–H groups in total. The molecule has 2 aromatic carbocycles. The highest BCUT2D eigenvalue weighted by molar-refractivity contribution is 7.97. The zero-order chi connectivity index (χ0) is 57.1. The Morgan fingerprint density at radius 3 is 1.61 bits per heavy atom. The Kier molecular flexibility index (Phi) is 32.8. The van der Waals surface area contributed by atoms with Gasteiger partial charge >= 0.3 is 11.9 Å². The molecule has 9 rings (SSSR count). The van der Waals surface area contributed by atoms with Crippen LogP contribution < -0.4 is 14.4 Å². The number of para-hydroxylation sites is 1. The first-order valence-corrected chi connectivity index (χ1v) is 24.5. The van der Waals surface area contributed by atoms with Crippen molar-refractivity contribution in [3.8, 4) is 0 Å². The molecule has 0 spiro atoms. The van der Waals surface area contributed by atoms with Crippen molar-refractivity contribution in [2.24, 2.45) is 21.1 Å². The maximum atomic E-state index is 11.4. The average molecular weight is 1100 g/mol. The zero-order valence-electron chi connectivity index (χ0n) is 44.4. The number of pyridine rings is 1. The van der Waals surface area contributed by atoms with Crippen molar-refractivity contribution in [3.63, 3.8) is 0 Å². The lowest BCUT2D eigenvalue weighted by atomic mass is 10.1. The largest absolute Gasteiger partial charge is 0.469 e. The summed E-state index contributed by atoms with van der Waals surface area (Å²) in [6, 6.07) is 17.9. The van der Waals surface area contributed by atoms with E-state index >= 15 is 0 Å². The van der Waals surface area contributed by atoms with Crippen LogP contribution in [0.3, 0.4) is 0 Å². The van der Waals surface area contributed by atoms with Crippen molar-refractivity contribution in [2.75, 3.05) is 82.2 Å². The molecule has 7 aromatic rings. The third kappa shape index (κ3) is 25.0. The Balaban J connectivity index is 0.000000835. The molecule has 0 bridgehead atoms. The highest BCUT2D eigenvalue weighted by Crippen LogP contribution is 2.21. The highest BCUT2D eigenvalue weighted by atomic mass is 32.2. The van der Waals surface area contributed by atoms with Crippen molar-refractivity contribution in [2.45, 2.75) is 20.3 Å². The number of hydroxylamine groups is 3. The Bertz CT molecular complexity index is 2740. The third-order valence-corrected chi connectivity index (χ3v) is 8.58. The molecule has 1 saturated heterocycles. The fourth-order valence-electron chi connectivity index (χ4n) is 4.55. The summed E-state index contributed by atoms with van der Waals surface area (Å²) in [5.74, 6) is -0.497. The molecule has 75 heavy (non-hydrogen) atoms. The number of nitroso groups, excluding NO2 is 1. The van der Waals surface area contributed by atoms with Crippen LogP contribution in [0.15, 0.2) is 73.2 Å². The second-order valence-corrected chi connectivity index (χ2v) is 16.1. The van der Waals surface area contributed by atoms with Gasteiger partial charge < -0.3 is 19.1 Å². The number of aryl methyl sites for hydroxylation is 4. The van der Waals surface area contributed by atoms with Gasteiger partial charge in [-0.2, -0.15) is 20.2 Å². The first-order valence-electron chi connectivity index (χ1n) is 21.0. The van der Waals surface area contributed by atoms with Gasteiger partial charge in [-0.3, -0.25) is 28.2 Å². The fraction of sp³-hybridized carbons (Fsp3) is 0.439. The molecule has 0 atom stereocenters. The van der Waals surface area contributed by atoms with E-state index in [9.17, 15) is 32.5 Å². The van der Waals surface area contributed by atoms with Crippen LogP contribution >= 0.6 is 11.8 Å². The lowest BCUT2D eigenvalue weighted by Gasteiger charge is -2.07. The van der Waals surface area contributed by atoms with Gasteiger partial charge in [-0.05, 0) is 81.5 Å². The number of nitrogens with zero attached hydrogens (tertiary/aromatic N) is 18. The quantitative estimate of drug-likeness (QED) is 0.0937. The zero-order valence-corrected chi connectivity index (χ0v) is 46.1. The maximum Gasteiger partial charge on any atom is 0.321 e. The van der Waals surface area contributed by atoms with Gasteiger partial charge in [0.25, 0.3) is 28.3 Å². The van der Waals surface area contributed by atoms with E-state index in [0.29, 0.717) is 26.8 Å². The number of thioether (sulfide) groups is 1. The van der Waals surface area contributed by atoms with Gasteiger partial charge in [0.1, 0.15) is 50.1 Å². The van der Waals surface area contributed by atoms with Crippen molar-refractivity contribution in [3.05, 3.63) is 95.0 Å². The lowest BCUT2D eigenvalue weighted by Crippen LogP contribution is -2.29. The number of methoxy groups -OCH3 is 2. The summed E-state index contributed by atoms with van der Waals surface area (Å²) in [6.07, 6.45) is 8.63. The molecule has 0 radical (unpaired) electrons. The number of amides is 3. The molecule has 32 nitrogen and oxygen atoms in total. The second kappa shape index (κ2) is 36.8. The van der Waals surface area contributed by atoms with Crippen molar-refractivity contribution >= 4 is 67.8 Å². The van der Waals surface area contributed by atoms with E-state index < -0.39 is 21.9 Å². The van der Waals surface area contributed by atoms with Crippen LogP contribution in [0.1, 0.15) is 39.9 Å². The Morgan fingerprint density at radius 2 is 1.25 bits per heavy atom. The van der Waals surface area contributed by atoms with Crippen LogP contribution in [-0.2, 0) is 64.2 Å². The third-order valence-electron chi connectivity index (χ3n) is 7.97. The van der Waals surface area contributed by atoms with Crippen LogP contribution in [-0.4, -0.2) is 200 Å². The number of tetrazole rings is 2. The van der Waals surface area contributed by atoms with Gasteiger partial charge in [-0.1, -0.05) is 34.0 Å². The first-order chi connectivity index (χ1) is 35.6. The Hall–Kier alpha value is -8.05. The topological polar surface area (TPSA) is 346 Å². The number of benzene rings is 2. The Labute approximate surface area is 436 Å². The molecule has 5 aromatic heterocycles. The minimum atomic E-state index is -3.16. The summed E-state index contributed by atoms with van der Waals surface area (Å²) >= 11 is 1.75. The second-order valence-electron chi connectivity index (χ2n) is 13.5. The minimum Gasteiger partial charge on any atom is -0.469 e. The molecule has 0 unspecified atom stereocenters. The summed E-state index contributed by atoms with van der Waals surface area (Å²) in [7, 11) is 13.6. The number of imide groups is 1. The van der Waals surface area contributed by atoms with Crippen LogP contribution in [0.25, 0.3) is 22.2 Å². The molecular weight excluding hydrogens is 1030 g/mol. The van der Waals surface area contributed by atoms with E-state index in [1.807, 2.05) is 56.8 Å². The minimum absolute atomic E-state index is 0.201. The Morgan fingerprint density at radius 1 is 0.747 bits per heavy atom. The van der Waals surface area contributed by atoms with Gasteiger partial charge in [0, 0.05) is 34.4 Å². The fourth-order valence-corrected chi connectivity index (χ4v) is 4.55. The molecule has 34 heteroatoms. The van der Waals surface area contributed by atoms with Gasteiger partial charge in [-0.25, -0.2) is 14.5 Å². The van der Waals surface area contributed by atoms with Gasteiger partial charge in [-0.15, -0.1) is 25.0 Å². The summed E-state index contributed by atoms with van der Waals surface area (Å²) < 4.78 is 35.1. The van der Waals surface area contributed by atoms with E-state index in [1.165, 1.54) is 49.8 Å². The monoisotopic (exact) mass is 1100 g/mol. The molecule has 7 heterocycles. The van der Waals surface area contributed by atoms with E-state index in [0.717, 1.165) is 40.8 Å². The number of rotatable bonds is 5. The molecule has 412 valence electrons. The normalized spacial score (nSPS) is 11.6. The highest BCUT2D eigenvalue weighted by Gasteiger charge is 2.38. The van der Waals surface area contributed by atoms with Crippen molar-refractivity contribution < 1.29 is 70.2 Å². The molecule has 0 saturated carbocycles. The summed E-state index contributed by atoms with van der Waals surface area (Å²) in [6.45, 7) is 3.41. The number of hydrazine groups is 1. The molecule has 2 aliphatic heterocycles. The summed E-state index contributed by atoms with van der Waals surface area (Å²) in [4.78, 5) is 81.0. The number of esters is 1. The molecular formula is C41H64N18O14S2+2. The van der Waals surface area contributed by atoms with Gasteiger partial charge in [0.2, 0.25) is 12.2 Å². The molecule has 3 amide bonds. The molecule has 0 aliphatic carbocycles. The van der Waals surface area contributed by atoms with E-state index in [2.05, 4.69) is 74.8 Å². The number of aromatic nitrogens is 15. The number of carbonyl (C=O) groups is 4. The SMILES string of the molecule is COC.COC(C)=O.CON1C(=O)CC[N+]1=O.CON1C(=O)c2ccccc2C1=O.COS(C)(=O)=O.COn1nnc2ccccc21.COn1nnc2cccnc21.CSC.Cc1nnnn1C.Cn1nc[n+](C)n1. The van der Waals surface area contributed by atoms with Crippen molar-refractivity contribution in [1.82, 2.24) is 80.8 Å². The van der Waals surface area contributed by atoms with E-state index in [-0.39, 0.29) is 24.8 Å². The number of ether oxygens (including phenoxy) is 2. The van der Waals surface area contributed by atoms with Crippen LogP contribution in [0.4, 0.5) is 0 Å². The predicted octanol–water partition coefficient (Wildman–Crippen LogP) is -0.136. The van der Waals surface area contributed by atoms with E-state index in [4.69, 9.17) is 9.68 Å².